The molecule has 0 aromatic heterocycles. The van der Waals surface area contributed by atoms with Crippen LogP contribution in [0.25, 0.3) is 0 Å². The highest BCUT2D eigenvalue weighted by Crippen LogP contribution is 2.23. The normalized spacial score (nSPS) is 22.2. The summed E-state index contributed by atoms with van der Waals surface area (Å²) >= 11 is 1.56. The van der Waals surface area contributed by atoms with E-state index >= 15 is 0 Å². The van der Waals surface area contributed by atoms with E-state index in [2.05, 4.69) is 25.2 Å². The van der Waals surface area contributed by atoms with Gasteiger partial charge in [0.1, 0.15) is 0 Å². The second-order valence-electron chi connectivity index (χ2n) is 3.77. The molecule has 72 valence electrons. The molecule has 1 atom stereocenters. The standard InChI is InChI=1S/C10H15NOS/c1-10(2,3)13-11-8-9-6-4-5-7-12-9/h4-9H,1-3H3. The number of hydrogen-bond acceptors (Lipinski definition) is 3. The summed E-state index contributed by atoms with van der Waals surface area (Å²) in [5, 5.41) is 0. The molecule has 1 unspecified atom stereocenters. The number of allylic oxidation sites excluding steroid dienone is 2. The molecular weight excluding hydrogens is 182 g/mol. The summed E-state index contributed by atoms with van der Waals surface area (Å²) in [5.74, 6) is 0. The van der Waals surface area contributed by atoms with Crippen LogP contribution in [0.3, 0.4) is 0 Å². The summed E-state index contributed by atoms with van der Waals surface area (Å²) in [6.45, 7) is 6.39. The van der Waals surface area contributed by atoms with Gasteiger partial charge in [0.2, 0.25) is 0 Å². The highest BCUT2D eigenvalue weighted by atomic mass is 32.2. The maximum absolute atomic E-state index is 5.26. The topological polar surface area (TPSA) is 21.6 Å². The molecule has 2 nitrogen and oxygen atoms in total. The Morgan fingerprint density at radius 1 is 1.38 bits per heavy atom. The van der Waals surface area contributed by atoms with E-state index in [1.54, 1.807) is 18.2 Å². The van der Waals surface area contributed by atoms with Gasteiger partial charge in [-0.1, -0.05) is 6.08 Å². The minimum absolute atomic E-state index is 0.000139. The average molecular weight is 197 g/mol. The molecule has 0 aliphatic carbocycles. The molecule has 3 heteroatoms. The molecular formula is C10H15NOS. The van der Waals surface area contributed by atoms with Crippen LogP contribution in [0.2, 0.25) is 0 Å². The largest absolute Gasteiger partial charge is 0.488 e. The van der Waals surface area contributed by atoms with Crippen molar-refractivity contribution in [2.24, 2.45) is 4.40 Å². The average Bonchev–Trinajstić information content (AvgIpc) is 2.04. The summed E-state index contributed by atoms with van der Waals surface area (Å²) < 4.78 is 9.68. The molecule has 13 heavy (non-hydrogen) atoms. The van der Waals surface area contributed by atoms with Crippen LogP contribution in [-0.4, -0.2) is 17.1 Å². The molecule has 0 fully saturated rings. The molecule has 0 radical (unpaired) electrons. The van der Waals surface area contributed by atoms with Gasteiger partial charge in [-0.25, -0.2) is 4.40 Å². The Bertz CT molecular complexity index is 238. The van der Waals surface area contributed by atoms with Gasteiger partial charge < -0.3 is 4.74 Å². The third kappa shape index (κ3) is 4.78. The van der Waals surface area contributed by atoms with Crippen LogP contribution in [0.15, 0.2) is 28.9 Å². The lowest BCUT2D eigenvalue weighted by Crippen LogP contribution is -2.10. The Labute approximate surface area is 83.9 Å². The fourth-order valence-electron chi connectivity index (χ4n) is 0.734. The molecule has 0 N–H and O–H groups in total. The molecule has 0 aromatic rings. The first-order valence-corrected chi connectivity index (χ1v) is 5.06. The predicted molar refractivity (Wildman–Crippen MR) is 59.0 cm³/mol. The first-order chi connectivity index (χ1) is 6.08. The lowest BCUT2D eigenvalue weighted by Gasteiger charge is -2.14. The van der Waals surface area contributed by atoms with E-state index in [1.165, 1.54) is 0 Å². The van der Waals surface area contributed by atoms with Gasteiger partial charge in [0.05, 0.1) is 12.5 Å². The van der Waals surface area contributed by atoms with E-state index in [0.717, 1.165) is 0 Å². The highest BCUT2D eigenvalue weighted by Gasteiger charge is 2.09. The van der Waals surface area contributed by atoms with Crippen molar-refractivity contribution in [3.05, 3.63) is 24.5 Å². The minimum atomic E-state index is -0.000139. The lowest BCUT2D eigenvalue weighted by atomic mass is 10.3. The van der Waals surface area contributed by atoms with Crippen molar-refractivity contribution in [1.82, 2.24) is 0 Å². The van der Waals surface area contributed by atoms with Gasteiger partial charge in [0.15, 0.2) is 6.10 Å². The van der Waals surface area contributed by atoms with Crippen LogP contribution >= 0.6 is 11.9 Å². The lowest BCUT2D eigenvalue weighted by molar-refractivity contribution is 0.243. The molecule has 0 saturated carbocycles. The second-order valence-corrected chi connectivity index (χ2v) is 5.39. The van der Waals surface area contributed by atoms with Gasteiger partial charge in [-0.05, 0) is 44.9 Å². The quantitative estimate of drug-likeness (QED) is 0.501. The van der Waals surface area contributed by atoms with Crippen molar-refractivity contribution in [3.8, 4) is 0 Å². The van der Waals surface area contributed by atoms with E-state index < -0.39 is 0 Å². The van der Waals surface area contributed by atoms with Crippen molar-refractivity contribution in [1.29, 1.82) is 0 Å². The summed E-state index contributed by atoms with van der Waals surface area (Å²) in [7, 11) is 0. The fourth-order valence-corrected chi connectivity index (χ4v) is 1.23. The maximum atomic E-state index is 5.26. The van der Waals surface area contributed by atoms with Crippen molar-refractivity contribution in [2.45, 2.75) is 31.6 Å². The summed E-state index contributed by atoms with van der Waals surface area (Å²) in [6, 6.07) is 0. The van der Waals surface area contributed by atoms with E-state index in [1.807, 2.05) is 24.4 Å². The highest BCUT2D eigenvalue weighted by molar-refractivity contribution is 7.99. The molecule has 1 heterocycles. The molecule has 0 bridgehead atoms. The first-order valence-electron chi connectivity index (χ1n) is 4.28. The third-order valence-corrected chi connectivity index (χ3v) is 2.04. The molecule has 1 aliphatic rings. The van der Waals surface area contributed by atoms with Crippen LogP contribution in [0.4, 0.5) is 0 Å². The molecule has 0 spiro atoms. The summed E-state index contributed by atoms with van der Waals surface area (Å²) in [4.78, 5) is 0. The first kappa shape index (κ1) is 10.4. The monoisotopic (exact) mass is 197 g/mol. The van der Waals surface area contributed by atoms with Gasteiger partial charge >= 0.3 is 0 Å². The predicted octanol–water partition coefficient (Wildman–Crippen LogP) is 2.97. The van der Waals surface area contributed by atoms with Crippen molar-refractivity contribution >= 4 is 18.2 Å². The van der Waals surface area contributed by atoms with Crippen LogP contribution in [0, 0.1) is 0 Å². The van der Waals surface area contributed by atoms with Crippen molar-refractivity contribution in [3.63, 3.8) is 0 Å². The van der Waals surface area contributed by atoms with Gasteiger partial charge in [-0.2, -0.15) is 0 Å². The van der Waals surface area contributed by atoms with Crippen LogP contribution in [0.5, 0.6) is 0 Å². The molecule has 1 rings (SSSR count). The summed E-state index contributed by atoms with van der Waals surface area (Å²) in [5.41, 5.74) is 0. The van der Waals surface area contributed by atoms with E-state index in [-0.39, 0.29) is 10.9 Å². The van der Waals surface area contributed by atoms with Crippen LogP contribution in [0.1, 0.15) is 20.8 Å². The Morgan fingerprint density at radius 2 is 2.15 bits per heavy atom. The third-order valence-electron chi connectivity index (χ3n) is 1.26. The maximum Gasteiger partial charge on any atom is 0.152 e. The zero-order valence-corrected chi connectivity index (χ0v) is 9.04. The molecule has 0 saturated heterocycles. The number of ether oxygens (including phenoxy) is 1. The Hall–Kier alpha value is -0.700. The van der Waals surface area contributed by atoms with Crippen LogP contribution in [-0.2, 0) is 4.74 Å². The Morgan fingerprint density at radius 3 is 2.69 bits per heavy atom. The van der Waals surface area contributed by atoms with Gasteiger partial charge in [-0.3, -0.25) is 0 Å². The Kier molecular flexibility index (Phi) is 3.60. The van der Waals surface area contributed by atoms with Gasteiger partial charge in [0, 0.05) is 4.75 Å². The smallest absolute Gasteiger partial charge is 0.152 e. The van der Waals surface area contributed by atoms with E-state index in [0.29, 0.717) is 0 Å². The van der Waals surface area contributed by atoms with E-state index in [9.17, 15) is 0 Å². The van der Waals surface area contributed by atoms with Crippen molar-refractivity contribution < 1.29 is 4.74 Å². The van der Waals surface area contributed by atoms with E-state index in [4.69, 9.17) is 4.74 Å². The number of hydrogen-bond donors (Lipinski definition) is 0. The van der Waals surface area contributed by atoms with Gasteiger partial charge in [-0.15, -0.1) is 0 Å². The molecule has 0 amide bonds. The van der Waals surface area contributed by atoms with Gasteiger partial charge in [0.25, 0.3) is 0 Å². The van der Waals surface area contributed by atoms with Crippen molar-refractivity contribution in [2.75, 3.05) is 0 Å². The summed E-state index contributed by atoms with van der Waals surface area (Å²) in [6.07, 6.45) is 9.28. The molecule has 1 aliphatic heterocycles. The SMILES string of the molecule is CC(C)(C)SN=CC1C=CC=CO1. The minimum Gasteiger partial charge on any atom is -0.488 e. The molecule has 0 aromatic carbocycles. The fraction of sp³-hybridized carbons (Fsp3) is 0.500. The number of rotatable bonds is 2. The van der Waals surface area contributed by atoms with Crippen LogP contribution < -0.4 is 0 Å². The zero-order valence-electron chi connectivity index (χ0n) is 8.23. The zero-order chi connectivity index (χ0) is 9.73. The number of nitrogens with zero attached hydrogens (tertiary/aromatic N) is 1. The second kappa shape index (κ2) is 4.51. The Balaban J connectivity index is 2.32.